The highest BCUT2D eigenvalue weighted by molar-refractivity contribution is 5.80. The third-order valence-corrected chi connectivity index (χ3v) is 5.99. The molecule has 0 saturated carbocycles. The van der Waals surface area contributed by atoms with Gasteiger partial charge in [0, 0.05) is 37.3 Å². The first kappa shape index (κ1) is 23.3. The van der Waals surface area contributed by atoms with Crippen molar-refractivity contribution < 1.29 is 18.7 Å². The Morgan fingerprint density at radius 2 is 1.97 bits per heavy atom. The number of hydrogen-bond donors (Lipinski definition) is 3. The molecule has 1 unspecified atom stereocenters. The maximum Gasteiger partial charge on any atom is 0.191 e. The highest BCUT2D eigenvalue weighted by atomic mass is 19.1. The molecule has 1 saturated heterocycles. The van der Waals surface area contributed by atoms with Crippen LogP contribution in [0.1, 0.15) is 49.3 Å². The van der Waals surface area contributed by atoms with Crippen molar-refractivity contribution in [3.05, 3.63) is 58.8 Å². The fraction of sp³-hybridized carbons (Fsp3) is 0.542. The Morgan fingerprint density at radius 1 is 1.23 bits per heavy atom. The summed E-state index contributed by atoms with van der Waals surface area (Å²) in [5, 5.41) is 17.7. The molecule has 0 aliphatic carbocycles. The van der Waals surface area contributed by atoms with Gasteiger partial charge >= 0.3 is 0 Å². The number of furan rings is 1. The van der Waals surface area contributed by atoms with Crippen molar-refractivity contribution >= 4 is 5.96 Å². The van der Waals surface area contributed by atoms with Crippen molar-refractivity contribution in [1.29, 1.82) is 0 Å². The van der Waals surface area contributed by atoms with E-state index in [9.17, 15) is 9.50 Å². The molecule has 2 heterocycles. The van der Waals surface area contributed by atoms with Gasteiger partial charge in [-0.25, -0.2) is 9.38 Å². The number of aryl methyl sites for hydroxylation is 2. The van der Waals surface area contributed by atoms with E-state index in [4.69, 9.17) is 9.15 Å². The molecule has 3 N–H and O–H groups in total. The molecule has 2 aromatic rings. The van der Waals surface area contributed by atoms with Gasteiger partial charge in [-0.15, -0.1) is 0 Å². The number of aliphatic imine (C=N–C) groups is 1. The van der Waals surface area contributed by atoms with Crippen LogP contribution in [-0.2, 0) is 15.8 Å². The van der Waals surface area contributed by atoms with Crippen LogP contribution in [0.15, 0.2) is 39.7 Å². The number of hydrogen-bond acceptors (Lipinski definition) is 4. The molecule has 7 heteroatoms. The van der Waals surface area contributed by atoms with Gasteiger partial charge in [-0.2, -0.15) is 0 Å². The fourth-order valence-electron chi connectivity index (χ4n) is 4.23. The first-order valence-electron chi connectivity index (χ1n) is 10.9. The predicted molar refractivity (Wildman–Crippen MR) is 120 cm³/mol. The van der Waals surface area contributed by atoms with Gasteiger partial charge in [-0.3, -0.25) is 0 Å². The van der Waals surface area contributed by atoms with Crippen LogP contribution >= 0.6 is 0 Å². The van der Waals surface area contributed by atoms with Crippen LogP contribution in [0.3, 0.4) is 0 Å². The summed E-state index contributed by atoms with van der Waals surface area (Å²) in [5.74, 6) is 1.84. The Hall–Kier alpha value is -2.38. The summed E-state index contributed by atoms with van der Waals surface area (Å²) in [6.45, 7) is 10.2. The lowest BCUT2D eigenvalue weighted by molar-refractivity contribution is 0.0512. The van der Waals surface area contributed by atoms with Crippen molar-refractivity contribution in [2.75, 3.05) is 32.8 Å². The zero-order valence-corrected chi connectivity index (χ0v) is 18.9. The zero-order chi connectivity index (χ0) is 22.5. The van der Waals surface area contributed by atoms with E-state index in [0.29, 0.717) is 38.0 Å². The van der Waals surface area contributed by atoms with Crippen molar-refractivity contribution in [2.24, 2.45) is 4.99 Å². The number of rotatable bonds is 7. The molecule has 0 radical (unpaired) electrons. The molecule has 31 heavy (non-hydrogen) atoms. The van der Waals surface area contributed by atoms with E-state index in [1.165, 1.54) is 6.07 Å². The second-order valence-electron chi connectivity index (χ2n) is 8.55. The van der Waals surface area contributed by atoms with Gasteiger partial charge in [-0.05, 0) is 64.3 Å². The molecule has 0 amide bonds. The Labute approximate surface area is 183 Å². The SMILES string of the molecule is CCNC(=NCC(C)(O)c1cc(C)oc1C)NCC1(c2cccc(F)c2)CCOCC1. The van der Waals surface area contributed by atoms with Gasteiger partial charge in [0.25, 0.3) is 0 Å². The molecule has 1 aliphatic rings. The number of ether oxygens (including phenoxy) is 1. The van der Waals surface area contributed by atoms with Crippen LogP contribution in [0.4, 0.5) is 4.39 Å². The summed E-state index contributed by atoms with van der Waals surface area (Å²) in [5.41, 5.74) is 0.321. The minimum atomic E-state index is -1.15. The van der Waals surface area contributed by atoms with Gasteiger partial charge in [0.2, 0.25) is 0 Å². The fourth-order valence-corrected chi connectivity index (χ4v) is 4.23. The Balaban J connectivity index is 1.77. The van der Waals surface area contributed by atoms with Gasteiger partial charge in [0.15, 0.2) is 5.96 Å². The highest BCUT2D eigenvalue weighted by Crippen LogP contribution is 2.34. The maximum absolute atomic E-state index is 13.9. The summed E-state index contributed by atoms with van der Waals surface area (Å²) < 4.78 is 25.1. The molecule has 1 atom stereocenters. The normalized spacial score (nSPS) is 18.5. The van der Waals surface area contributed by atoms with E-state index < -0.39 is 5.60 Å². The van der Waals surface area contributed by atoms with Crippen LogP contribution in [0, 0.1) is 19.7 Å². The molecule has 0 bridgehead atoms. The summed E-state index contributed by atoms with van der Waals surface area (Å²) >= 11 is 0. The van der Waals surface area contributed by atoms with Crippen LogP contribution in [0.5, 0.6) is 0 Å². The van der Waals surface area contributed by atoms with Gasteiger partial charge in [0.05, 0.1) is 6.54 Å². The van der Waals surface area contributed by atoms with E-state index in [0.717, 1.165) is 29.7 Å². The van der Waals surface area contributed by atoms with E-state index >= 15 is 0 Å². The summed E-state index contributed by atoms with van der Waals surface area (Å²) in [4.78, 5) is 4.64. The van der Waals surface area contributed by atoms with Crippen LogP contribution < -0.4 is 10.6 Å². The second-order valence-corrected chi connectivity index (χ2v) is 8.55. The lowest BCUT2D eigenvalue weighted by Crippen LogP contribution is -2.48. The first-order chi connectivity index (χ1) is 14.8. The average molecular weight is 432 g/mol. The molecule has 1 aromatic heterocycles. The zero-order valence-electron chi connectivity index (χ0n) is 18.9. The molecule has 0 spiro atoms. The average Bonchev–Trinajstić information content (AvgIpc) is 3.10. The van der Waals surface area contributed by atoms with Gasteiger partial charge in [0.1, 0.15) is 22.9 Å². The molecule has 170 valence electrons. The number of aliphatic hydroxyl groups is 1. The molecule has 1 aromatic carbocycles. The van der Waals surface area contributed by atoms with Crippen molar-refractivity contribution in [1.82, 2.24) is 10.6 Å². The van der Waals surface area contributed by atoms with Crippen molar-refractivity contribution in [2.45, 2.75) is 51.6 Å². The summed E-state index contributed by atoms with van der Waals surface area (Å²) in [7, 11) is 0. The maximum atomic E-state index is 13.9. The highest BCUT2D eigenvalue weighted by Gasteiger charge is 2.35. The lowest BCUT2D eigenvalue weighted by atomic mass is 9.74. The minimum Gasteiger partial charge on any atom is -0.466 e. The van der Waals surface area contributed by atoms with Crippen LogP contribution in [0.25, 0.3) is 0 Å². The predicted octanol–water partition coefficient (Wildman–Crippen LogP) is 3.55. The van der Waals surface area contributed by atoms with E-state index in [1.54, 1.807) is 19.1 Å². The lowest BCUT2D eigenvalue weighted by Gasteiger charge is -2.38. The monoisotopic (exact) mass is 431 g/mol. The molecule has 6 nitrogen and oxygen atoms in total. The second kappa shape index (κ2) is 9.83. The number of nitrogens with zero attached hydrogens (tertiary/aromatic N) is 1. The first-order valence-corrected chi connectivity index (χ1v) is 10.9. The number of nitrogens with one attached hydrogen (secondary N) is 2. The molecular weight excluding hydrogens is 397 g/mol. The number of halogens is 1. The van der Waals surface area contributed by atoms with Crippen molar-refractivity contribution in [3.8, 4) is 0 Å². The Bertz CT molecular complexity index is 901. The van der Waals surface area contributed by atoms with E-state index in [2.05, 4.69) is 15.6 Å². The van der Waals surface area contributed by atoms with Crippen LogP contribution in [0.2, 0.25) is 0 Å². The Kier molecular flexibility index (Phi) is 7.38. The molecule has 1 fully saturated rings. The van der Waals surface area contributed by atoms with E-state index in [1.807, 2.05) is 32.9 Å². The quantitative estimate of drug-likeness (QED) is 0.462. The van der Waals surface area contributed by atoms with E-state index in [-0.39, 0.29) is 17.8 Å². The summed E-state index contributed by atoms with van der Waals surface area (Å²) in [6, 6.07) is 8.68. The van der Waals surface area contributed by atoms with Gasteiger partial charge < -0.3 is 24.9 Å². The van der Waals surface area contributed by atoms with Crippen molar-refractivity contribution in [3.63, 3.8) is 0 Å². The Morgan fingerprint density at radius 3 is 2.58 bits per heavy atom. The third kappa shape index (κ3) is 5.66. The van der Waals surface area contributed by atoms with Crippen LogP contribution in [-0.4, -0.2) is 43.9 Å². The topological polar surface area (TPSA) is 79.0 Å². The molecule has 3 rings (SSSR count). The molecule has 1 aliphatic heterocycles. The number of guanidine groups is 1. The molecular formula is C24H34FN3O3. The smallest absolute Gasteiger partial charge is 0.191 e. The third-order valence-electron chi connectivity index (χ3n) is 5.99. The minimum absolute atomic E-state index is 0.179. The van der Waals surface area contributed by atoms with Gasteiger partial charge in [-0.1, -0.05) is 12.1 Å². The number of benzene rings is 1. The largest absolute Gasteiger partial charge is 0.466 e. The standard InChI is InChI=1S/C24H34FN3O3/c1-5-26-22(27-15-23(4,29)21-13-17(2)31-18(21)3)28-16-24(9-11-30-12-10-24)19-7-6-8-20(25)14-19/h6-8,13-14,29H,5,9-12,15-16H2,1-4H3,(H2,26,27,28). The summed E-state index contributed by atoms with van der Waals surface area (Å²) in [6.07, 6.45) is 1.60.